The van der Waals surface area contributed by atoms with E-state index in [4.69, 9.17) is 5.73 Å². The second-order valence-electron chi connectivity index (χ2n) is 4.02. The van der Waals surface area contributed by atoms with Crippen LogP contribution >= 0.6 is 0 Å². The monoisotopic (exact) mass is 180 g/mol. The molecule has 0 saturated carbocycles. The minimum Gasteiger partial charge on any atom is -0.328 e. The molecule has 0 saturated heterocycles. The second kappa shape index (κ2) is 3.46. The molecule has 0 aliphatic carbocycles. The van der Waals surface area contributed by atoms with E-state index in [9.17, 15) is 0 Å². The van der Waals surface area contributed by atoms with Crippen LogP contribution in [0.4, 0.5) is 0 Å². The summed E-state index contributed by atoms with van der Waals surface area (Å²) in [6.07, 6.45) is 5.19. The molecule has 4 heteroatoms. The van der Waals surface area contributed by atoms with E-state index in [0.29, 0.717) is 12.0 Å². The zero-order chi connectivity index (χ0) is 9.26. The lowest BCUT2D eigenvalue weighted by Gasteiger charge is -2.24. The number of nitrogens with zero attached hydrogens (tertiary/aromatic N) is 3. The van der Waals surface area contributed by atoms with Crippen LogP contribution in [0.2, 0.25) is 0 Å². The van der Waals surface area contributed by atoms with Gasteiger partial charge in [0.1, 0.15) is 12.2 Å². The van der Waals surface area contributed by atoms with Gasteiger partial charge in [-0.1, -0.05) is 0 Å². The number of aryl methyl sites for hydroxylation is 1. The van der Waals surface area contributed by atoms with Crippen LogP contribution in [0.3, 0.4) is 0 Å². The third-order valence-electron chi connectivity index (χ3n) is 2.63. The van der Waals surface area contributed by atoms with Crippen LogP contribution in [0.1, 0.15) is 25.6 Å². The number of fused-ring (bicyclic) bond motifs is 1. The van der Waals surface area contributed by atoms with Gasteiger partial charge in [-0.15, -0.1) is 10.2 Å². The Morgan fingerprint density at radius 1 is 1.77 bits per heavy atom. The van der Waals surface area contributed by atoms with Crippen molar-refractivity contribution in [1.82, 2.24) is 14.8 Å². The molecule has 72 valence electrons. The molecule has 2 unspecified atom stereocenters. The summed E-state index contributed by atoms with van der Waals surface area (Å²) < 4.78 is 2.15. The van der Waals surface area contributed by atoms with E-state index in [-0.39, 0.29) is 0 Å². The Kier molecular flexibility index (Phi) is 2.31. The van der Waals surface area contributed by atoms with Gasteiger partial charge in [-0.3, -0.25) is 0 Å². The minimum absolute atomic E-state index is 0.308. The second-order valence-corrected chi connectivity index (χ2v) is 4.02. The van der Waals surface area contributed by atoms with Crippen LogP contribution in [-0.4, -0.2) is 20.8 Å². The van der Waals surface area contributed by atoms with E-state index in [2.05, 4.69) is 21.7 Å². The lowest BCUT2D eigenvalue weighted by Crippen LogP contribution is -2.26. The van der Waals surface area contributed by atoms with Crippen LogP contribution < -0.4 is 5.73 Å². The van der Waals surface area contributed by atoms with E-state index in [1.165, 1.54) is 6.42 Å². The van der Waals surface area contributed by atoms with Crippen molar-refractivity contribution in [2.75, 3.05) is 0 Å². The summed E-state index contributed by atoms with van der Waals surface area (Å²) in [7, 11) is 0. The van der Waals surface area contributed by atoms with Gasteiger partial charge in [0.25, 0.3) is 0 Å². The molecular weight excluding hydrogens is 164 g/mol. The fourth-order valence-electron chi connectivity index (χ4n) is 2.05. The van der Waals surface area contributed by atoms with Crippen LogP contribution in [-0.2, 0) is 13.0 Å². The number of hydrogen-bond donors (Lipinski definition) is 1. The first-order valence-electron chi connectivity index (χ1n) is 4.88. The molecule has 1 aromatic heterocycles. The van der Waals surface area contributed by atoms with Crippen LogP contribution in [0.15, 0.2) is 6.33 Å². The standard InChI is InChI=1S/C9H16N4/c1-7(10)4-8-2-3-9-12-11-6-13(9)5-8/h6-8H,2-5,10H2,1H3. The molecule has 1 aromatic rings. The maximum Gasteiger partial charge on any atom is 0.132 e. The van der Waals surface area contributed by atoms with Crippen LogP contribution in [0, 0.1) is 5.92 Å². The number of hydrogen-bond acceptors (Lipinski definition) is 3. The zero-order valence-electron chi connectivity index (χ0n) is 7.98. The van der Waals surface area contributed by atoms with Crippen molar-refractivity contribution in [1.29, 1.82) is 0 Å². The maximum absolute atomic E-state index is 5.78. The van der Waals surface area contributed by atoms with Gasteiger partial charge in [0.2, 0.25) is 0 Å². The van der Waals surface area contributed by atoms with Gasteiger partial charge in [0.05, 0.1) is 0 Å². The molecule has 0 radical (unpaired) electrons. The van der Waals surface area contributed by atoms with Crippen LogP contribution in [0.25, 0.3) is 0 Å². The van der Waals surface area contributed by atoms with Gasteiger partial charge in [0.15, 0.2) is 0 Å². The first-order valence-corrected chi connectivity index (χ1v) is 4.88. The Labute approximate surface area is 78.1 Å². The fraction of sp³-hybridized carbons (Fsp3) is 0.778. The highest BCUT2D eigenvalue weighted by molar-refractivity contribution is 4.91. The number of nitrogens with two attached hydrogens (primary N) is 1. The smallest absolute Gasteiger partial charge is 0.132 e. The van der Waals surface area contributed by atoms with Crippen molar-refractivity contribution in [2.24, 2.45) is 11.7 Å². The summed E-state index contributed by atoms with van der Waals surface area (Å²) in [5.74, 6) is 1.84. The molecule has 0 bridgehead atoms. The molecular formula is C9H16N4. The van der Waals surface area contributed by atoms with Gasteiger partial charge in [-0.05, 0) is 25.7 Å². The molecule has 1 aliphatic rings. The van der Waals surface area contributed by atoms with E-state index in [0.717, 1.165) is 25.2 Å². The predicted octanol–water partition coefficient (Wildman–Crippen LogP) is 0.578. The Bertz CT molecular complexity index is 279. The van der Waals surface area contributed by atoms with Crippen molar-refractivity contribution >= 4 is 0 Å². The first kappa shape index (κ1) is 8.69. The fourth-order valence-corrected chi connectivity index (χ4v) is 2.05. The third kappa shape index (κ3) is 1.88. The normalized spacial score (nSPS) is 24.0. The summed E-state index contributed by atoms with van der Waals surface area (Å²) >= 11 is 0. The summed E-state index contributed by atoms with van der Waals surface area (Å²) in [6, 6.07) is 0.308. The van der Waals surface area contributed by atoms with Gasteiger partial charge in [0, 0.05) is 19.0 Å². The lowest BCUT2D eigenvalue weighted by atomic mass is 9.93. The molecule has 2 N–H and O–H groups in total. The van der Waals surface area contributed by atoms with Gasteiger partial charge < -0.3 is 10.3 Å². The van der Waals surface area contributed by atoms with Gasteiger partial charge in [-0.25, -0.2) is 0 Å². The highest BCUT2D eigenvalue weighted by Crippen LogP contribution is 2.21. The lowest BCUT2D eigenvalue weighted by molar-refractivity contribution is 0.327. The molecule has 0 aromatic carbocycles. The summed E-state index contributed by atoms with van der Waals surface area (Å²) in [5.41, 5.74) is 5.78. The predicted molar refractivity (Wildman–Crippen MR) is 50.1 cm³/mol. The topological polar surface area (TPSA) is 56.7 Å². The molecule has 2 rings (SSSR count). The average Bonchev–Trinajstić information content (AvgIpc) is 2.49. The Morgan fingerprint density at radius 3 is 3.38 bits per heavy atom. The summed E-state index contributed by atoms with van der Waals surface area (Å²) in [4.78, 5) is 0. The summed E-state index contributed by atoms with van der Waals surface area (Å²) in [6.45, 7) is 3.12. The van der Waals surface area contributed by atoms with Crippen LogP contribution in [0.5, 0.6) is 0 Å². The maximum atomic E-state index is 5.78. The Hall–Kier alpha value is -0.900. The summed E-state index contributed by atoms with van der Waals surface area (Å²) in [5, 5.41) is 7.95. The number of rotatable bonds is 2. The highest BCUT2D eigenvalue weighted by atomic mass is 15.3. The molecule has 13 heavy (non-hydrogen) atoms. The van der Waals surface area contributed by atoms with Crippen molar-refractivity contribution in [2.45, 2.75) is 38.8 Å². The Balaban J connectivity index is 2.00. The first-order chi connectivity index (χ1) is 6.25. The molecule has 2 heterocycles. The molecule has 0 fully saturated rings. The van der Waals surface area contributed by atoms with Crippen molar-refractivity contribution in [3.63, 3.8) is 0 Å². The average molecular weight is 180 g/mol. The quantitative estimate of drug-likeness (QED) is 0.724. The van der Waals surface area contributed by atoms with E-state index in [1.807, 2.05) is 6.33 Å². The molecule has 0 spiro atoms. The molecule has 4 nitrogen and oxygen atoms in total. The van der Waals surface area contributed by atoms with Crippen molar-refractivity contribution in [3.05, 3.63) is 12.2 Å². The molecule has 0 amide bonds. The van der Waals surface area contributed by atoms with Crippen molar-refractivity contribution in [3.8, 4) is 0 Å². The SMILES string of the molecule is CC(N)CC1CCc2nncn2C1. The Morgan fingerprint density at radius 2 is 2.62 bits per heavy atom. The largest absolute Gasteiger partial charge is 0.328 e. The van der Waals surface area contributed by atoms with E-state index < -0.39 is 0 Å². The zero-order valence-corrected chi connectivity index (χ0v) is 7.98. The van der Waals surface area contributed by atoms with E-state index >= 15 is 0 Å². The van der Waals surface area contributed by atoms with Gasteiger partial charge in [-0.2, -0.15) is 0 Å². The minimum atomic E-state index is 0.308. The third-order valence-corrected chi connectivity index (χ3v) is 2.63. The highest BCUT2D eigenvalue weighted by Gasteiger charge is 2.19. The number of aromatic nitrogens is 3. The van der Waals surface area contributed by atoms with E-state index in [1.54, 1.807) is 0 Å². The van der Waals surface area contributed by atoms with Gasteiger partial charge >= 0.3 is 0 Å². The molecule has 1 aliphatic heterocycles. The molecule has 2 atom stereocenters. The van der Waals surface area contributed by atoms with Crippen molar-refractivity contribution < 1.29 is 0 Å².